The van der Waals surface area contributed by atoms with Gasteiger partial charge in [-0.25, -0.2) is 12.8 Å². The molecule has 0 atom stereocenters. The van der Waals surface area contributed by atoms with E-state index in [1.807, 2.05) is 0 Å². The standard InChI is InChI=1S/C11H9ClFN3O3S/c1-19-9-3-2-7(6-8(9)13)20(17,18)16-11-5-4-10(12)14-15-11/h2-6H,1H3,(H,15,16). The molecule has 0 aliphatic heterocycles. The van der Waals surface area contributed by atoms with E-state index in [0.29, 0.717) is 0 Å². The summed E-state index contributed by atoms with van der Waals surface area (Å²) >= 11 is 5.54. The lowest BCUT2D eigenvalue weighted by molar-refractivity contribution is 0.385. The molecule has 0 aliphatic carbocycles. The van der Waals surface area contributed by atoms with Crippen LogP contribution in [0.4, 0.5) is 10.2 Å². The average Bonchev–Trinajstić information content (AvgIpc) is 2.41. The maximum Gasteiger partial charge on any atom is 0.263 e. The van der Waals surface area contributed by atoms with Crippen LogP contribution in [-0.2, 0) is 10.0 Å². The average molecular weight is 318 g/mol. The zero-order chi connectivity index (χ0) is 14.8. The summed E-state index contributed by atoms with van der Waals surface area (Å²) in [6, 6.07) is 6.00. The van der Waals surface area contributed by atoms with E-state index in [1.165, 1.54) is 31.4 Å². The second-order valence-corrected chi connectivity index (χ2v) is 5.71. The van der Waals surface area contributed by atoms with Crippen LogP contribution in [0.2, 0.25) is 5.15 Å². The fourth-order valence-corrected chi connectivity index (χ4v) is 2.49. The summed E-state index contributed by atoms with van der Waals surface area (Å²) < 4.78 is 44.4. The minimum absolute atomic E-state index is 0.0226. The minimum Gasteiger partial charge on any atom is -0.494 e. The van der Waals surface area contributed by atoms with Gasteiger partial charge in [0.2, 0.25) is 0 Å². The molecule has 1 aromatic carbocycles. The summed E-state index contributed by atoms with van der Waals surface area (Å²) in [5.41, 5.74) is 0. The van der Waals surface area contributed by atoms with E-state index in [2.05, 4.69) is 14.9 Å². The van der Waals surface area contributed by atoms with Gasteiger partial charge in [0.15, 0.2) is 22.5 Å². The Balaban J connectivity index is 2.30. The normalized spacial score (nSPS) is 11.2. The van der Waals surface area contributed by atoms with Gasteiger partial charge in [0, 0.05) is 0 Å². The van der Waals surface area contributed by atoms with Crippen molar-refractivity contribution in [3.8, 4) is 5.75 Å². The summed E-state index contributed by atoms with van der Waals surface area (Å²) in [7, 11) is -2.68. The second kappa shape index (κ2) is 5.59. The van der Waals surface area contributed by atoms with E-state index in [-0.39, 0.29) is 21.6 Å². The lowest BCUT2D eigenvalue weighted by atomic mass is 10.3. The molecule has 0 unspecified atom stereocenters. The van der Waals surface area contributed by atoms with Gasteiger partial charge in [-0.3, -0.25) is 4.72 Å². The third-order valence-corrected chi connectivity index (χ3v) is 3.86. The van der Waals surface area contributed by atoms with Crippen molar-refractivity contribution < 1.29 is 17.5 Å². The number of methoxy groups -OCH3 is 1. The molecule has 0 saturated carbocycles. The maximum absolute atomic E-state index is 13.5. The first kappa shape index (κ1) is 14.5. The maximum atomic E-state index is 13.5. The Morgan fingerprint density at radius 1 is 1.25 bits per heavy atom. The van der Waals surface area contributed by atoms with Gasteiger partial charge in [-0.1, -0.05) is 11.6 Å². The Morgan fingerprint density at radius 2 is 2.00 bits per heavy atom. The van der Waals surface area contributed by atoms with Crippen LogP contribution in [0.25, 0.3) is 0 Å². The van der Waals surface area contributed by atoms with Crippen LogP contribution in [0.15, 0.2) is 35.2 Å². The molecular weight excluding hydrogens is 309 g/mol. The zero-order valence-corrected chi connectivity index (χ0v) is 11.7. The van der Waals surface area contributed by atoms with E-state index in [4.69, 9.17) is 16.3 Å². The van der Waals surface area contributed by atoms with E-state index in [9.17, 15) is 12.8 Å². The predicted octanol–water partition coefficient (Wildman–Crippen LogP) is 2.08. The van der Waals surface area contributed by atoms with Crippen LogP contribution in [0, 0.1) is 5.82 Å². The van der Waals surface area contributed by atoms with Crippen molar-refractivity contribution in [1.29, 1.82) is 0 Å². The molecule has 2 aromatic rings. The highest BCUT2D eigenvalue weighted by Gasteiger charge is 2.17. The van der Waals surface area contributed by atoms with Crippen LogP contribution >= 0.6 is 11.6 Å². The van der Waals surface area contributed by atoms with Gasteiger partial charge in [0.05, 0.1) is 12.0 Å². The van der Waals surface area contributed by atoms with Crippen LogP contribution < -0.4 is 9.46 Å². The van der Waals surface area contributed by atoms with Gasteiger partial charge < -0.3 is 4.74 Å². The third-order valence-electron chi connectivity index (χ3n) is 2.30. The monoisotopic (exact) mass is 317 g/mol. The van der Waals surface area contributed by atoms with Gasteiger partial charge in [-0.15, -0.1) is 10.2 Å². The van der Waals surface area contributed by atoms with Crippen molar-refractivity contribution in [3.05, 3.63) is 41.3 Å². The molecule has 0 radical (unpaired) electrons. The molecule has 106 valence electrons. The van der Waals surface area contributed by atoms with Crippen molar-refractivity contribution in [3.63, 3.8) is 0 Å². The highest BCUT2D eigenvalue weighted by molar-refractivity contribution is 7.92. The van der Waals surface area contributed by atoms with E-state index in [0.717, 1.165) is 6.07 Å². The molecule has 1 aromatic heterocycles. The molecule has 0 amide bonds. The van der Waals surface area contributed by atoms with Gasteiger partial charge in [0.25, 0.3) is 10.0 Å². The molecule has 0 aliphatic rings. The number of halogens is 2. The topological polar surface area (TPSA) is 81.2 Å². The molecule has 2 rings (SSSR count). The quantitative estimate of drug-likeness (QED) is 0.933. The number of sulfonamides is 1. The van der Waals surface area contributed by atoms with Gasteiger partial charge in [0.1, 0.15) is 0 Å². The Labute approximate surface area is 119 Å². The number of benzene rings is 1. The van der Waals surface area contributed by atoms with Gasteiger partial charge in [-0.05, 0) is 30.3 Å². The first-order valence-corrected chi connectivity index (χ1v) is 7.14. The molecule has 6 nitrogen and oxygen atoms in total. The lowest BCUT2D eigenvalue weighted by Crippen LogP contribution is -2.14. The van der Waals surface area contributed by atoms with Gasteiger partial charge in [-0.2, -0.15) is 0 Å². The van der Waals surface area contributed by atoms with E-state index in [1.54, 1.807) is 0 Å². The summed E-state index contributed by atoms with van der Waals surface area (Å²) in [5.74, 6) is -0.849. The number of nitrogens with zero attached hydrogens (tertiary/aromatic N) is 2. The molecular formula is C11H9ClFN3O3S. The highest BCUT2D eigenvalue weighted by Crippen LogP contribution is 2.22. The zero-order valence-electron chi connectivity index (χ0n) is 10.2. The first-order chi connectivity index (χ1) is 9.42. The fraction of sp³-hybridized carbons (Fsp3) is 0.0909. The minimum atomic E-state index is -3.96. The van der Waals surface area contributed by atoms with Crippen LogP contribution in [0.1, 0.15) is 0 Å². The van der Waals surface area contributed by atoms with Gasteiger partial charge >= 0.3 is 0 Å². The summed E-state index contributed by atoms with van der Waals surface area (Å²) in [5, 5.41) is 7.18. The smallest absolute Gasteiger partial charge is 0.263 e. The van der Waals surface area contributed by atoms with Crippen molar-refractivity contribution in [2.24, 2.45) is 0 Å². The van der Waals surface area contributed by atoms with Crippen molar-refractivity contribution in [2.45, 2.75) is 4.90 Å². The Hall–Kier alpha value is -1.93. The number of hydrogen-bond acceptors (Lipinski definition) is 5. The molecule has 0 fully saturated rings. The number of ether oxygens (including phenoxy) is 1. The molecule has 0 saturated heterocycles. The van der Waals surface area contributed by atoms with E-state index >= 15 is 0 Å². The first-order valence-electron chi connectivity index (χ1n) is 5.28. The summed E-state index contributed by atoms with van der Waals surface area (Å²) in [4.78, 5) is -0.257. The number of rotatable bonds is 4. The molecule has 1 heterocycles. The van der Waals surface area contributed by atoms with Crippen LogP contribution in [0.3, 0.4) is 0 Å². The molecule has 0 bridgehead atoms. The van der Waals surface area contributed by atoms with Crippen molar-refractivity contribution in [1.82, 2.24) is 10.2 Å². The Morgan fingerprint density at radius 3 is 2.55 bits per heavy atom. The molecule has 0 spiro atoms. The molecule has 1 N–H and O–H groups in total. The molecule has 9 heteroatoms. The number of nitrogens with one attached hydrogen (secondary N) is 1. The van der Waals surface area contributed by atoms with Crippen LogP contribution in [-0.4, -0.2) is 25.7 Å². The number of hydrogen-bond donors (Lipinski definition) is 1. The Kier molecular flexibility index (Phi) is 4.05. The van der Waals surface area contributed by atoms with Crippen LogP contribution in [0.5, 0.6) is 5.75 Å². The van der Waals surface area contributed by atoms with Crippen molar-refractivity contribution >= 4 is 27.4 Å². The molecule has 20 heavy (non-hydrogen) atoms. The number of anilines is 1. The third kappa shape index (κ3) is 3.14. The summed E-state index contributed by atoms with van der Waals surface area (Å²) in [6.45, 7) is 0. The lowest BCUT2D eigenvalue weighted by Gasteiger charge is -2.08. The Bertz CT molecular complexity index is 722. The summed E-state index contributed by atoms with van der Waals surface area (Å²) in [6.07, 6.45) is 0. The second-order valence-electron chi connectivity index (χ2n) is 3.64. The fourth-order valence-electron chi connectivity index (χ4n) is 1.38. The van der Waals surface area contributed by atoms with Crippen molar-refractivity contribution in [2.75, 3.05) is 11.8 Å². The SMILES string of the molecule is COc1ccc(S(=O)(=O)Nc2ccc(Cl)nn2)cc1F. The van der Waals surface area contributed by atoms with E-state index < -0.39 is 15.8 Å². The predicted molar refractivity (Wildman–Crippen MR) is 70.8 cm³/mol. The number of aromatic nitrogens is 2. The highest BCUT2D eigenvalue weighted by atomic mass is 35.5. The largest absolute Gasteiger partial charge is 0.494 e.